The summed E-state index contributed by atoms with van der Waals surface area (Å²) >= 11 is 0. The number of rotatable bonds is 6. The Morgan fingerprint density at radius 3 is 2.70 bits per heavy atom. The van der Waals surface area contributed by atoms with Gasteiger partial charge in [-0.1, -0.05) is 18.2 Å². The molecule has 1 aliphatic heterocycles. The maximum absolute atomic E-state index is 13.4. The van der Waals surface area contributed by atoms with Gasteiger partial charge in [-0.15, -0.1) is 0 Å². The summed E-state index contributed by atoms with van der Waals surface area (Å²) in [5.74, 6) is 0.567. The van der Waals surface area contributed by atoms with Crippen LogP contribution >= 0.6 is 0 Å². The number of aromatic nitrogens is 1. The summed E-state index contributed by atoms with van der Waals surface area (Å²) in [6, 6.07) is 14.8. The highest BCUT2D eigenvalue weighted by Gasteiger charge is 2.35. The first kappa shape index (κ1) is 19.8. The van der Waals surface area contributed by atoms with Gasteiger partial charge < -0.3 is 23.5 Å². The van der Waals surface area contributed by atoms with Gasteiger partial charge >= 0.3 is 0 Å². The molecule has 0 aliphatic carbocycles. The monoisotopic (exact) mass is 407 g/mol. The van der Waals surface area contributed by atoms with E-state index in [1.54, 1.807) is 19.2 Å². The fourth-order valence-corrected chi connectivity index (χ4v) is 4.01. The number of methoxy groups -OCH3 is 1. The van der Waals surface area contributed by atoms with Crippen molar-refractivity contribution < 1.29 is 18.7 Å². The van der Waals surface area contributed by atoms with Crippen molar-refractivity contribution in [2.24, 2.45) is 0 Å². The zero-order valence-electron chi connectivity index (χ0n) is 17.2. The van der Waals surface area contributed by atoms with E-state index >= 15 is 0 Å². The van der Waals surface area contributed by atoms with E-state index in [0.29, 0.717) is 19.6 Å². The number of amides is 2. The molecular weight excluding hydrogens is 382 g/mol. The van der Waals surface area contributed by atoms with Gasteiger partial charge in [-0.25, -0.2) is 0 Å². The number of hydrogen-bond acceptors (Lipinski definition) is 4. The van der Waals surface area contributed by atoms with E-state index in [0.717, 1.165) is 17.0 Å². The molecule has 0 fully saturated rings. The topological polar surface area (TPSA) is 67.9 Å². The lowest BCUT2D eigenvalue weighted by molar-refractivity contribution is -0.134. The predicted octanol–water partition coefficient (Wildman–Crippen LogP) is 3.18. The van der Waals surface area contributed by atoms with Crippen LogP contribution in [0.25, 0.3) is 0 Å². The van der Waals surface area contributed by atoms with Crippen molar-refractivity contribution >= 4 is 11.8 Å². The first-order valence-corrected chi connectivity index (χ1v) is 10.0. The minimum absolute atomic E-state index is 0.0115. The molecule has 2 amide bonds. The molecule has 7 nitrogen and oxygen atoms in total. The second-order valence-electron chi connectivity index (χ2n) is 7.15. The number of para-hydroxylation sites is 1. The summed E-state index contributed by atoms with van der Waals surface area (Å²) in [6.07, 6.45) is 3.48. The van der Waals surface area contributed by atoms with Crippen LogP contribution in [0, 0.1) is 0 Å². The van der Waals surface area contributed by atoms with Crippen molar-refractivity contribution in [3.05, 3.63) is 78.0 Å². The van der Waals surface area contributed by atoms with Crippen LogP contribution in [0.3, 0.4) is 0 Å². The van der Waals surface area contributed by atoms with Crippen LogP contribution in [0.1, 0.15) is 34.8 Å². The van der Waals surface area contributed by atoms with Crippen LogP contribution in [-0.2, 0) is 11.3 Å². The van der Waals surface area contributed by atoms with Crippen LogP contribution in [0.2, 0.25) is 0 Å². The number of benzene rings is 1. The van der Waals surface area contributed by atoms with Gasteiger partial charge in [-0.3, -0.25) is 9.59 Å². The molecule has 0 saturated carbocycles. The minimum atomic E-state index is -0.287. The van der Waals surface area contributed by atoms with Gasteiger partial charge in [-0.2, -0.15) is 0 Å². The summed E-state index contributed by atoms with van der Waals surface area (Å²) in [4.78, 5) is 29.5. The van der Waals surface area contributed by atoms with Crippen LogP contribution in [0.4, 0.5) is 0 Å². The largest absolute Gasteiger partial charge is 0.496 e. The third-order valence-electron chi connectivity index (χ3n) is 5.52. The minimum Gasteiger partial charge on any atom is -0.496 e. The SMILES string of the molecule is CCN(CC(=O)N1CCn2cccc2C1c1ccccc1OC)C(=O)c1ccco1. The fraction of sp³-hybridized carbons (Fsp3) is 0.304. The van der Waals surface area contributed by atoms with Crippen LogP contribution < -0.4 is 4.74 Å². The van der Waals surface area contributed by atoms with Gasteiger partial charge in [0.15, 0.2) is 5.76 Å². The van der Waals surface area contributed by atoms with E-state index in [-0.39, 0.29) is 30.2 Å². The molecule has 156 valence electrons. The number of carbonyl (C=O) groups is 2. The molecule has 7 heteroatoms. The zero-order chi connectivity index (χ0) is 21.1. The Morgan fingerprint density at radius 1 is 1.13 bits per heavy atom. The zero-order valence-corrected chi connectivity index (χ0v) is 17.2. The van der Waals surface area contributed by atoms with Crippen molar-refractivity contribution in [3.63, 3.8) is 0 Å². The molecule has 1 unspecified atom stereocenters. The molecule has 3 heterocycles. The van der Waals surface area contributed by atoms with Crippen molar-refractivity contribution in [3.8, 4) is 5.75 Å². The Bertz CT molecular complexity index is 1020. The lowest BCUT2D eigenvalue weighted by Crippen LogP contribution is -2.48. The van der Waals surface area contributed by atoms with E-state index in [9.17, 15) is 9.59 Å². The van der Waals surface area contributed by atoms with Gasteiger partial charge in [0.2, 0.25) is 5.91 Å². The summed E-state index contributed by atoms with van der Waals surface area (Å²) in [7, 11) is 1.63. The molecule has 4 rings (SSSR count). The average Bonchev–Trinajstić information content (AvgIpc) is 3.48. The van der Waals surface area contributed by atoms with E-state index in [1.165, 1.54) is 11.2 Å². The molecule has 0 bridgehead atoms. The molecule has 3 aromatic rings. The van der Waals surface area contributed by atoms with Gasteiger partial charge in [0, 0.05) is 37.1 Å². The first-order chi connectivity index (χ1) is 14.6. The van der Waals surface area contributed by atoms with E-state index in [1.807, 2.05) is 54.4 Å². The Hall–Kier alpha value is -3.48. The number of furan rings is 1. The van der Waals surface area contributed by atoms with E-state index < -0.39 is 0 Å². The second kappa shape index (κ2) is 8.49. The molecule has 0 saturated heterocycles. The highest BCUT2D eigenvalue weighted by Crippen LogP contribution is 2.37. The van der Waals surface area contributed by atoms with Crippen LogP contribution in [0.15, 0.2) is 65.4 Å². The standard InChI is InChI=1S/C23H25N3O4/c1-3-24(23(28)20-11-7-15-30-20)16-21(27)26-14-13-25-12-6-9-18(25)22(26)17-8-4-5-10-19(17)29-2/h4-12,15,22H,3,13-14,16H2,1-2H3. The summed E-state index contributed by atoms with van der Waals surface area (Å²) in [5, 5.41) is 0. The molecule has 0 N–H and O–H groups in total. The highest BCUT2D eigenvalue weighted by atomic mass is 16.5. The van der Waals surface area contributed by atoms with Crippen molar-refractivity contribution in [1.82, 2.24) is 14.4 Å². The van der Waals surface area contributed by atoms with Gasteiger partial charge in [-0.05, 0) is 37.3 Å². The van der Waals surface area contributed by atoms with Gasteiger partial charge in [0.25, 0.3) is 5.91 Å². The lowest BCUT2D eigenvalue weighted by Gasteiger charge is -2.38. The molecule has 0 radical (unpaired) electrons. The number of nitrogens with zero attached hydrogens (tertiary/aromatic N) is 3. The molecule has 1 atom stereocenters. The Morgan fingerprint density at radius 2 is 1.97 bits per heavy atom. The number of fused-ring (bicyclic) bond motifs is 1. The normalized spacial score (nSPS) is 15.5. The molecule has 2 aromatic heterocycles. The third kappa shape index (κ3) is 3.58. The van der Waals surface area contributed by atoms with Crippen molar-refractivity contribution in [2.75, 3.05) is 26.7 Å². The van der Waals surface area contributed by atoms with Crippen molar-refractivity contribution in [1.29, 1.82) is 0 Å². The predicted molar refractivity (Wildman–Crippen MR) is 111 cm³/mol. The fourth-order valence-electron chi connectivity index (χ4n) is 4.01. The summed E-state index contributed by atoms with van der Waals surface area (Å²) in [6.45, 7) is 3.51. The Labute approximate surface area is 175 Å². The Balaban J connectivity index is 1.64. The Kier molecular flexibility index (Phi) is 5.61. The summed E-state index contributed by atoms with van der Waals surface area (Å²) < 4.78 is 13.0. The van der Waals surface area contributed by atoms with Crippen LogP contribution in [0.5, 0.6) is 5.75 Å². The number of carbonyl (C=O) groups excluding carboxylic acids is 2. The highest BCUT2D eigenvalue weighted by molar-refractivity contribution is 5.94. The second-order valence-corrected chi connectivity index (χ2v) is 7.15. The van der Waals surface area contributed by atoms with Gasteiger partial charge in [0.1, 0.15) is 18.3 Å². The van der Waals surface area contributed by atoms with E-state index in [2.05, 4.69) is 4.57 Å². The van der Waals surface area contributed by atoms with Gasteiger partial charge in [0.05, 0.1) is 13.4 Å². The maximum Gasteiger partial charge on any atom is 0.290 e. The van der Waals surface area contributed by atoms with Crippen LogP contribution in [-0.4, -0.2) is 52.9 Å². The average molecular weight is 407 g/mol. The molecule has 30 heavy (non-hydrogen) atoms. The lowest BCUT2D eigenvalue weighted by atomic mass is 9.98. The number of ether oxygens (including phenoxy) is 1. The summed E-state index contributed by atoms with van der Waals surface area (Å²) in [5.41, 5.74) is 1.95. The first-order valence-electron chi connectivity index (χ1n) is 10.0. The number of likely N-dealkylation sites (N-methyl/N-ethyl adjacent to an activating group) is 1. The maximum atomic E-state index is 13.4. The number of hydrogen-bond donors (Lipinski definition) is 0. The molecule has 0 spiro atoms. The van der Waals surface area contributed by atoms with Crippen molar-refractivity contribution in [2.45, 2.75) is 19.5 Å². The van der Waals surface area contributed by atoms with E-state index in [4.69, 9.17) is 9.15 Å². The molecular formula is C23H25N3O4. The quantitative estimate of drug-likeness (QED) is 0.629. The third-order valence-corrected chi connectivity index (χ3v) is 5.52. The molecule has 1 aliphatic rings. The molecule has 1 aromatic carbocycles. The smallest absolute Gasteiger partial charge is 0.290 e.